The zero-order valence-corrected chi connectivity index (χ0v) is 18.9. The van der Waals surface area contributed by atoms with Crippen LogP contribution < -0.4 is 10.6 Å². The fraction of sp³-hybridized carbons (Fsp3) is 0.480. The van der Waals surface area contributed by atoms with Crippen LogP contribution in [0.2, 0.25) is 0 Å². The Morgan fingerprint density at radius 2 is 1.94 bits per heavy atom. The summed E-state index contributed by atoms with van der Waals surface area (Å²) in [6.07, 6.45) is 4.89. The van der Waals surface area contributed by atoms with Crippen LogP contribution in [0.15, 0.2) is 52.1 Å². The van der Waals surface area contributed by atoms with Gasteiger partial charge in [0.2, 0.25) is 5.91 Å². The van der Waals surface area contributed by atoms with Gasteiger partial charge in [-0.1, -0.05) is 24.3 Å². The predicted octanol–water partition coefficient (Wildman–Crippen LogP) is 2.50. The van der Waals surface area contributed by atoms with Crippen molar-refractivity contribution in [1.82, 2.24) is 20.4 Å². The molecule has 8 nitrogen and oxygen atoms in total. The first-order valence-corrected chi connectivity index (χ1v) is 11.9. The molecule has 2 saturated heterocycles. The molecular weight excluding hydrogens is 416 g/mol. The van der Waals surface area contributed by atoms with E-state index in [-0.39, 0.29) is 12.1 Å². The van der Waals surface area contributed by atoms with Crippen LogP contribution >= 0.6 is 0 Å². The van der Waals surface area contributed by atoms with E-state index in [1.807, 2.05) is 12.1 Å². The number of carbonyl (C=O) groups is 1. The number of benzene rings is 1. The van der Waals surface area contributed by atoms with Gasteiger partial charge in [-0.25, -0.2) is 0 Å². The van der Waals surface area contributed by atoms with E-state index >= 15 is 0 Å². The SMILES string of the molecule is N=C1CC(NCc2ccco2)N=C2C1NC(=O)CCN2Cc1cccc(CN2CCCC2)c1. The maximum atomic E-state index is 12.4. The van der Waals surface area contributed by atoms with E-state index in [0.29, 0.717) is 38.2 Å². The maximum absolute atomic E-state index is 12.4. The molecule has 2 atom stereocenters. The van der Waals surface area contributed by atoms with E-state index in [1.165, 1.54) is 37.1 Å². The molecule has 2 aromatic rings. The molecule has 0 radical (unpaired) electrons. The fourth-order valence-electron chi connectivity index (χ4n) is 4.92. The van der Waals surface area contributed by atoms with Gasteiger partial charge in [-0.2, -0.15) is 0 Å². The number of hydrogen-bond acceptors (Lipinski definition) is 7. The minimum absolute atomic E-state index is 0.0234. The number of likely N-dealkylation sites (tertiary alicyclic amines) is 1. The summed E-state index contributed by atoms with van der Waals surface area (Å²) >= 11 is 0. The molecule has 3 aliphatic heterocycles. The molecule has 3 aliphatic rings. The van der Waals surface area contributed by atoms with E-state index in [1.54, 1.807) is 6.26 Å². The number of carbonyl (C=O) groups excluding carboxylic acids is 1. The van der Waals surface area contributed by atoms with Crippen LogP contribution in [0.25, 0.3) is 0 Å². The highest BCUT2D eigenvalue weighted by Gasteiger charge is 2.35. The molecule has 4 heterocycles. The fourth-order valence-corrected chi connectivity index (χ4v) is 4.92. The van der Waals surface area contributed by atoms with Crippen molar-refractivity contribution in [2.24, 2.45) is 4.99 Å². The lowest BCUT2D eigenvalue weighted by Crippen LogP contribution is -2.54. The van der Waals surface area contributed by atoms with Crippen LogP contribution in [0.4, 0.5) is 0 Å². The number of amides is 1. The highest BCUT2D eigenvalue weighted by atomic mass is 16.3. The number of nitrogens with zero attached hydrogens (tertiary/aromatic N) is 3. The molecule has 3 N–H and O–H groups in total. The zero-order chi connectivity index (χ0) is 22.6. The van der Waals surface area contributed by atoms with Crippen molar-refractivity contribution in [3.63, 3.8) is 0 Å². The molecule has 8 heteroatoms. The molecule has 0 aliphatic carbocycles. The van der Waals surface area contributed by atoms with Crippen LogP contribution in [0.5, 0.6) is 0 Å². The number of amidine groups is 1. The zero-order valence-electron chi connectivity index (χ0n) is 18.9. The van der Waals surface area contributed by atoms with Crippen molar-refractivity contribution < 1.29 is 9.21 Å². The summed E-state index contributed by atoms with van der Waals surface area (Å²) < 4.78 is 5.42. The largest absolute Gasteiger partial charge is 0.468 e. The van der Waals surface area contributed by atoms with E-state index < -0.39 is 6.04 Å². The van der Waals surface area contributed by atoms with Crippen molar-refractivity contribution in [2.45, 2.75) is 57.5 Å². The van der Waals surface area contributed by atoms with Gasteiger partial charge in [0, 0.05) is 38.2 Å². The maximum Gasteiger partial charge on any atom is 0.222 e. The van der Waals surface area contributed by atoms with Gasteiger partial charge in [0.25, 0.3) is 0 Å². The van der Waals surface area contributed by atoms with E-state index in [0.717, 1.165) is 18.1 Å². The van der Waals surface area contributed by atoms with Crippen LogP contribution in [-0.2, 0) is 24.4 Å². The van der Waals surface area contributed by atoms with Gasteiger partial charge >= 0.3 is 0 Å². The Hall–Kier alpha value is -2.97. The molecule has 1 aromatic carbocycles. The number of hydrogen-bond donors (Lipinski definition) is 3. The third-order valence-electron chi connectivity index (χ3n) is 6.61. The molecule has 174 valence electrons. The normalized spacial score (nSPS) is 23.8. The summed E-state index contributed by atoms with van der Waals surface area (Å²) in [4.78, 5) is 22.0. The van der Waals surface area contributed by atoms with Gasteiger partial charge < -0.3 is 20.0 Å². The number of furan rings is 1. The number of aliphatic imine (C=N–C) groups is 1. The first-order valence-electron chi connectivity index (χ1n) is 11.9. The molecule has 5 rings (SSSR count). The third-order valence-corrected chi connectivity index (χ3v) is 6.61. The Balaban J connectivity index is 1.33. The second kappa shape index (κ2) is 9.89. The van der Waals surface area contributed by atoms with Crippen molar-refractivity contribution in [2.75, 3.05) is 19.6 Å². The number of rotatable bonds is 7. The summed E-state index contributed by atoms with van der Waals surface area (Å²) in [6, 6.07) is 12.1. The Morgan fingerprint density at radius 1 is 1.12 bits per heavy atom. The Kier molecular flexibility index (Phi) is 6.55. The molecule has 0 saturated carbocycles. The minimum atomic E-state index is -0.450. The third kappa shape index (κ3) is 5.34. The van der Waals surface area contributed by atoms with Gasteiger partial charge in [-0.3, -0.25) is 20.0 Å². The average Bonchev–Trinajstić information content (AvgIpc) is 3.49. The lowest BCUT2D eigenvalue weighted by molar-refractivity contribution is -0.120. The molecule has 0 spiro atoms. The van der Waals surface area contributed by atoms with Crippen molar-refractivity contribution in [3.05, 3.63) is 59.5 Å². The Labute approximate surface area is 194 Å². The van der Waals surface area contributed by atoms with Crippen molar-refractivity contribution >= 4 is 17.5 Å². The summed E-state index contributed by atoms with van der Waals surface area (Å²) in [7, 11) is 0. The second-order valence-electron chi connectivity index (χ2n) is 9.17. The Morgan fingerprint density at radius 3 is 2.73 bits per heavy atom. The van der Waals surface area contributed by atoms with Gasteiger partial charge in [0.1, 0.15) is 23.8 Å². The number of fused-ring (bicyclic) bond motifs is 1. The Bertz CT molecular complexity index is 1010. The van der Waals surface area contributed by atoms with Crippen LogP contribution in [-0.4, -0.2) is 59.1 Å². The summed E-state index contributed by atoms with van der Waals surface area (Å²) in [5.74, 6) is 1.59. The van der Waals surface area contributed by atoms with Crippen LogP contribution in [0, 0.1) is 5.41 Å². The van der Waals surface area contributed by atoms with Crippen LogP contribution in [0.3, 0.4) is 0 Å². The average molecular weight is 449 g/mol. The second-order valence-corrected chi connectivity index (χ2v) is 9.17. The van der Waals surface area contributed by atoms with Crippen LogP contribution in [0.1, 0.15) is 42.6 Å². The molecule has 2 unspecified atom stereocenters. The molecule has 1 amide bonds. The molecule has 2 fully saturated rings. The number of nitrogens with one attached hydrogen (secondary N) is 3. The molecule has 1 aromatic heterocycles. The minimum Gasteiger partial charge on any atom is -0.468 e. The first-order chi connectivity index (χ1) is 16.1. The smallest absolute Gasteiger partial charge is 0.222 e. The predicted molar refractivity (Wildman–Crippen MR) is 127 cm³/mol. The highest BCUT2D eigenvalue weighted by Crippen LogP contribution is 2.20. The van der Waals surface area contributed by atoms with E-state index in [2.05, 4.69) is 44.7 Å². The van der Waals surface area contributed by atoms with Gasteiger partial charge in [-0.15, -0.1) is 0 Å². The van der Waals surface area contributed by atoms with Gasteiger partial charge in [0.05, 0.1) is 12.8 Å². The molecular formula is C25H32N6O2. The summed E-state index contributed by atoms with van der Waals surface area (Å²) in [5, 5.41) is 15.0. The summed E-state index contributed by atoms with van der Waals surface area (Å²) in [6.45, 7) is 5.17. The lowest BCUT2D eigenvalue weighted by atomic mass is 10.0. The monoisotopic (exact) mass is 448 g/mol. The topological polar surface area (TPSA) is 97.0 Å². The molecule has 33 heavy (non-hydrogen) atoms. The highest BCUT2D eigenvalue weighted by molar-refractivity contribution is 6.13. The first kappa shape index (κ1) is 21.9. The lowest BCUT2D eigenvalue weighted by Gasteiger charge is -2.34. The quantitative estimate of drug-likeness (QED) is 0.605. The standard InChI is InChI=1S/C25H32N6O2/c26-21-14-22(27-15-20-7-4-12-33-20)28-25-24(21)29-23(32)8-11-31(25)17-19-6-3-5-18(13-19)16-30-9-1-2-10-30/h3-7,12-13,22,24,26-27H,1-2,8-11,14-17H2,(H,29,32). The van der Waals surface area contributed by atoms with Gasteiger partial charge in [-0.05, 0) is 49.2 Å². The summed E-state index contributed by atoms with van der Waals surface area (Å²) in [5.41, 5.74) is 3.02. The van der Waals surface area contributed by atoms with E-state index in [9.17, 15) is 4.79 Å². The van der Waals surface area contributed by atoms with E-state index in [4.69, 9.17) is 14.8 Å². The van der Waals surface area contributed by atoms with Gasteiger partial charge in [0.15, 0.2) is 0 Å². The molecule has 0 bridgehead atoms. The van der Waals surface area contributed by atoms with Crippen molar-refractivity contribution in [1.29, 1.82) is 5.41 Å². The van der Waals surface area contributed by atoms with Crippen molar-refractivity contribution in [3.8, 4) is 0 Å².